The minimum absolute atomic E-state index is 0.104. The Bertz CT molecular complexity index is 250. The number of rotatable bonds is 7. The lowest BCUT2D eigenvalue weighted by molar-refractivity contribution is -0.148. The molecule has 0 unspecified atom stereocenters. The molecule has 84 valence electrons. The maximum absolute atomic E-state index is 11.2. The first-order valence-corrected chi connectivity index (χ1v) is 4.34. The Morgan fingerprint density at radius 2 is 2.07 bits per heavy atom. The first-order valence-electron chi connectivity index (χ1n) is 4.34. The zero-order chi connectivity index (χ0) is 11.7. The van der Waals surface area contributed by atoms with Crippen molar-refractivity contribution in [1.82, 2.24) is 4.90 Å². The topological polar surface area (TPSA) is 55.8 Å². The van der Waals surface area contributed by atoms with Crippen LogP contribution >= 0.6 is 0 Å². The number of likely N-dealkylation sites (N-methyl/N-ethyl adjacent to an activating group) is 1. The molecule has 0 heterocycles. The van der Waals surface area contributed by atoms with Gasteiger partial charge in [-0.1, -0.05) is 19.2 Å². The Labute approximate surface area is 89.0 Å². The fourth-order valence-corrected chi connectivity index (χ4v) is 0.720. The van der Waals surface area contributed by atoms with Crippen molar-refractivity contribution in [2.24, 2.45) is 0 Å². The summed E-state index contributed by atoms with van der Waals surface area (Å²) >= 11 is 0. The van der Waals surface area contributed by atoms with Crippen LogP contribution < -0.4 is 0 Å². The third-order valence-electron chi connectivity index (χ3n) is 1.48. The molecule has 0 spiro atoms. The van der Waals surface area contributed by atoms with Crippen LogP contribution in [0, 0.1) is 0 Å². The van der Waals surface area contributed by atoms with E-state index in [4.69, 9.17) is 4.74 Å². The van der Waals surface area contributed by atoms with E-state index in [-0.39, 0.29) is 25.7 Å². The number of ether oxygens (including phenoxy) is 2. The molecule has 15 heavy (non-hydrogen) atoms. The third-order valence-corrected chi connectivity index (χ3v) is 1.48. The number of carbonyl (C=O) groups is 2. The summed E-state index contributed by atoms with van der Waals surface area (Å²) in [5.74, 6) is -0.796. The largest absolute Gasteiger partial charge is 0.492 e. The van der Waals surface area contributed by atoms with E-state index in [1.165, 1.54) is 24.3 Å². The molecule has 0 atom stereocenters. The SMILES string of the molecule is C=CCOC(=O)CN(C)C(=O)COC=C. The lowest BCUT2D eigenvalue weighted by Crippen LogP contribution is -2.35. The van der Waals surface area contributed by atoms with E-state index >= 15 is 0 Å². The Morgan fingerprint density at radius 1 is 1.40 bits per heavy atom. The molecule has 0 aliphatic carbocycles. The summed E-state index contributed by atoms with van der Waals surface area (Å²) in [5.41, 5.74) is 0. The highest BCUT2D eigenvalue weighted by atomic mass is 16.5. The molecule has 0 bridgehead atoms. The molecule has 0 aromatic carbocycles. The van der Waals surface area contributed by atoms with Crippen LogP contribution in [0.5, 0.6) is 0 Å². The molecular formula is C10H15NO4. The third kappa shape index (κ3) is 6.31. The first kappa shape index (κ1) is 13.2. The molecule has 0 fully saturated rings. The van der Waals surface area contributed by atoms with E-state index in [2.05, 4.69) is 17.9 Å². The molecule has 0 rings (SSSR count). The van der Waals surface area contributed by atoms with Gasteiger partial charge >= 0.3 is 5.97 Å². The zero-order valence-electron chi connectivity index (χ0n) is 8.77. The van der Waals surface area contributed by atoms with Crippen molar-refractivity contribution >= 4 is 11.9 Å². The van der Waals surface area contributed by atoms with Gasteiger partial charge in [0.1, 0.15) is 13.2 Å². The van der Waals surface area contributed by atoms with Gasteiger partial charge in [0, 0.05) is 7.05 Å². The van der Waals surface area contributed by atoms with Crippen LogP contribution in [-0.4, -0.2) is 43.6 Å². The second-order valence-electron chi connectivity index (χ2n) is 2.70. The maximum atomic E-state index is 11.2. The van der Waals surface area contributed by atoms with Crippen LogP contribution in [0.1, 0.15) is 0 Å². The lowest BCUT2D eigenvalue weighted by atomic mass is 10.5. The van der Waals surface area contributed by atoms with Crippen molar-refractivity contribution in [2.75, 3.05) is 26.8 Å². The highest BCUT2D eigenvalue weighted by Crippen LogP contribution is 1.89. The first-order chi connectivity index (χ1) is 7.11. The van der Waals surface area contributed by atoms with Gasteiger partial charge in [-0.25, -0.2) is 0 Å². The molecule has 0 aliphatic rings. The Hall–Kier alpha value is -1.78. The predicted molar refractivity (Wildman–Crippen MR) is 54.9 cm³/mol. The van der Waals surface area contributed by atoms with Crippen LogP contribution in [0.4, 0.5) is 0 Å². The normalized spacial score (nSPS) is 8.87. The van der Waals surface area contributed by atoms with Crippen molar-refractivity contribution < 1.29 is 19.1 Å². The number of amides is 1. The fraction of sp³-hybridized carbons (Fsp3) is 0.400. The molecule has 0 aromatic heterocycles. The predicted octanol–water partition coefficient (Wildman–Crippen LogP) is 0.334. The summed E-state index contributed by atoms with van der Waals surface area (Å²) in [6.45, 7) is 6.60. The Morgan fingerprint density at radius 3 is 2.60 bits per heavy atom. The minimum Gasteiger partial charge on any atom is -0.492 e. The van der Waals surface area contributed by atoms with E-state index in [0.717, 1.165) is 0 Å². The van der Waals surface area contributed by atoms with Crippen molar-refractivity contribution in [2.45, 2.75) is 0 Å². The van der Waals surface area contributed by atoms with Crippen molar-refractivity contribution in [3.05, 3.63) is 25.5 Å². The second kappa shape index (κ2) is 7.61. The van der Waals surface area contributed by atoms with Gasteiger partial charge in [-0.2, -0.15) is 0 Å². The minimum atomic E-state index is -0.482. The molecular weight excluding hydrogens is 198 g/mol. The summed E-state index contributed by atoms with van der Waals surface area (Å²) in [5, 5.41) is 0. The molecule has 1 amide bonds. The van der Waals surface area contributed by atoms with E-state index < -0.39 is 5.97 Å². The van der Waals surface area contributed by atoms with Crippen LogP contribution in [0.3, 0.4) is 0 Å². The molecule has 0 aliphatic heterocycles. The number of nitrogens with zero attached hydrogens (tertiary/aromatic N) is 1. The van der Waals surface area contributed by atoms with E-state index in [1.807, 2.05) is 0 Å². The smallest absolute Gasteiger partial charge is 0.325 e. The maximum Gasteiger partial charge on any atom is 0.325 e. The van der Waals surface area contributed by atoms with Crippen molar-refractivity contribution in [1.29, 1.82) is 0 Å². The van der Waals surface area contributed by atoms with Gasteiger partial charge in [-0.05, 0) is 0 Å². The Kier molecular flexibility index (Phi) is 6.70. The fourth-order valence-electron chi connectivity index (χ4n) is 0.720. The van der Waals surface area contributed by atoms with Gasteiger partial charge in [0.2, 0.25) is 0 Å². The summed E-state index contributed by atoms with van der Waals surface area (Å²) in [6, 6.07) is 0. The summed E-state index contributed by atoms with van der Waals surface area (Å²) in [7, 11) is 1.49. The molecule has 0 radical (unpaired) electrons. The molecule has 0 N–H and O–H groups in total. The van der Waals surface area contributed by atoms with Crippen LogP contribution in [-0.2, 0) is 19.1 Å². The molecule has 0 aromatic rings. The van der Waals surface area contributed by atoms with Crippen molar-refractivity contribution in [3.8, 4) is 0 Å². The van der Waals surface area contributed by atoms with Crippen LogP contribution in [0.25, 0.3) is 0 Å². The average Bonchev–Trinajstić information content (AvgIpc) is 2.22. The second-order valence-corrected chi connectivity index (χ2v) is 2.70. The van der Waals surface area contributed by atoms with Gasteiger partial charge in [-0.15, -0.1) is 0 Å². The zero-order valence-corrected chi connectivity index (χ0v) is 8.77. The molecule has 0 saturated heterocycles. The number of carbonyl (C=O) groups excluding carboxylic acids is 2. The number of hydrogen-bond donors (Lipinski definition) is 0. The highest BCUT2D eigenvalue weighted by molar-refractivity contribution is 5.82. The summed E-state index contributed by atoms with van der Waals surface area (Å²) < 4.78 is 9.39. The quantitative estimate of drug-likeness (QED) is 0.347. The standard InChI is InChI=1S/C10H15NO4/c1-4-6-15-10(13)7-11(3)9(12)8-14-5-2/h4-5H,1-2,6-8H2,3H3. The average molecular weight is 213 g/mol. The van der Waals surface area contributed by atoms with Crippen LogP contribution in [0.2, 0.25) is 0 Å². The summed E-state index contributed by atoms with van der Waals surface area (Å²) in [6.07, 6.45) is 2.63. The van der Waals surface area contributed by atoms with Gasteiger partial charge < -0.3 is 14.4 Å². The molecule has 5 heteroatoms. The summed E-state index contributed by atoms with van der Waals surface area (Å²) in [4.78, 5) is 23.5. The van der Waals surface area contributed by atoms with Gasteiger partial charge in [-0.3, -0.25) is 9.59 Å². The lowest BCUT2D eigenvalue weighted by Gasteiger charge is -2.15. The number of hydrogen-bond acceptors (Lipinski definition) is 4. The Balaban J connectivity index is 3.84. The molecule has 5 nitrogen and oxygen atoms in total. The van der Waals surface area contributed by atoms with E-state index in [1.54, 1.807) is 0 Å². The van der Waals surface area contributed by atoms with Gasteiger partial charge in [0.25, 0.3) is 5.91 Å². The van der Waals surface area contributed by atoms with Crippen molar-refractivity contribution in [3.63, 3.8) is 0 Å². The van der Waals surface area contributed by atoms with E-state index in [0.29, 0.717) is 0 Å². The van der Waals surface area contributed by atoms with Gasteiger partial charge in [0.15, 0.2) is 6.61 Å². The van der Waals surface area contributed by atoms with E-state index in [9.17, 15) is 9.59 Å². The number of esters is 1. The molecule has 0 saturated carbocycles. The highest BCUT2D eigenvalue weighted by Gasteiger charge is 2.13. The monoisotopic (exact) mass is 213 g/mol. The van der Waals surface area contributed by atoms with Gasteiger partial charge in [0.05, 0.1) is 6.26 Å². The van der Waals surface area contributed by atoms with Crippen LogP contribution in [0.15, 0.2) is 25.5 Å².